The molecule has 0 aliphatic heterocycles. The quantitative estimate of drug-likeness (QED) is 0.577. The molecule has 0 unspecified atom stereocenters. The van der Waals surface area contributed by atoms with Crippen LogP contribution in [-0.4, -0.2) is 15.7 Å². The fourth-order valence-corrected chi connectivity index (χ4v) is 1.50. The van der Waals surface area contributed by atoms with Crippen LogP contribution in [0.15, 0.2) is 24.4 Å². The van der Waals surface area contributed by atoms with Crippen molar-refractivity contribution in [3.8, 4) is 5.69 Å². The molecule has 7 heteroatoms. The summed E-state index contributed by atoms with van der Waals surface area (Å²) in [7, 11) is 0. The van der Waals surface area contributed by atoms with Crippen molar-refractivity contribution in [1.82, 2.24) is 9.78 Å². The number of hydrogen-bond acceptors (Lipinski definition) is 3. The van der Waals surface area contributed by atoms with Crippen LogP contribution >= 0.6 is 0 Å². The van der Waals surface area contributed by atoms with Crippen molar-refractivity contribution in [2.24, 2.45) is 0 Å². The maximum atomic E-state index is 13.5. The molecule has 1 aromatic carbocycles. The number of carboxylic acids is 1. The molecule has 88 valence electrons. The van der Waals surface area contributed by atoms with Crippen LogP contribution in [0.25, 0.3) is 5.69 Å². The number of carbonyl (C=O) groups is 1. The van der Waals surface area contributed by atoms with Crippen molar-refractivity contribution in [2.45, 2.75) is 6.92 Å². The Bertz CT molecular complexity index is 599. The van der Waals surface area contributed by atoms with E-state index < -0.39 is 17.6 Å². The van der Waals surface area contributed by atoms with Crippen LogP contribution in [0.2, 0.25) is 0 Å². The first kappa shape index (κ1) is 14.8. The molecule has 0 aliphatic rings. The number of carboxylic acid groups (broad SMARTS) is 1. The predicted molar refractivity (Wildman–Crippen MR) is 52.5 cm³/mol. The van der Waals surface area contributed by atoms with Gasteiger partial charge in [0.2, 0.25) is 0 Å². The van der Waals surface area contributed by atoms with E-state index in [2.05, 4.69) is 5.10 Å². The molecule has 0 fully saturated rings. The topological polar surface area (TPSA) is 57.9 Å². The van der Waals surface area contributed by atoms with Gasteiger partial charge in [0, 0.05) is 11.6 Å². The van der Waals surface area contributed by atoms with Crippen molar-refractivity contribution >= 4 is 5.97 Å². The Balaban J connectivity index is 0.00000162. The molecule has 0 atom stereocenters. The second-order valence-corrected chi connectivity index (χ2v) is 3.44. The Morgan fingerprint density at radius 1 is 1.39 bits per heavy atom. The third-order valence-electron chi connectivity index (χ3n) is 2.37. The third kappa shape index (κ3) is 2.60. The van der Waals surface area contributed by atoms with Gasteiger partial charge in [-0.05, 0) is 19.1 Å². The number of hydrogen-bond donors (Lipinski definition) is 0. The number of aromatic nitrogens is 2. The first-order chi connectivity index (χ1) is 8.00. The molecule has 0 radical (unpaired) electrons. The van der Waals surface area contributed by atoms with E-state index in [1.54, 1.807) is 0 Å². The Kier molecular flexibility index (Phi) is 4.61. The molecule has 0 aliphatic carbocycles. The molecule has 1 heterocycles. The molecule has 0 saturated carbocycles. The van der Waals surface area contributed by atoms with E-state index in [0.29, 0.717) is 0 Å². The molecule has 4 nitrogen and oxygen atoms in total. The summed E-state index contributed by atoms with van der Waals surface area (Å²) >= 11 is 0. The SMILES string of the molecule is Cc1c(C(=O)[O-])cnn1-c1cc(F)ccc1F.[Na+]. The van der Waals surface area contributed by atoms with E-state index >= 15 is 0 Å². The van der Waals surface area contributed by atoms with Gasteiger partial charge < -0.3 is 9.90 Å². The monoisotopic (exact) mass is 260 g/mol. The van der Waals surface area contributed by atoms with Gasteiger partial charge >= 0.3 is 29.6 Å². The molecule has 1 aromatic heterocycles. The molecule has 2 aromatic rings. The van der Waals surface area contributed by atoms with Crippen LogP contribution in [0.3, 0.4) is 0 Å². The first-order valence-corrected chi connectivity index (χ1v) is 4.72. The normalized spacial score (nSPS) is 9.94. The van der Waals surface area contributed by atoms with Crippen molar-refractivity contribution in [2.75, 3.05) is 0 Å². The minimum atomic E-state index is -1.41. The van der Waals surface area contributed by atoms with E-state index in [0.717, 1.165) is 29.1 Å². The average Bonchev–Trinajstić information content (AvgIpc) is 2.64. The average molecular weight is 260 g/mol. The van der Waals surface area contributed by atoms with Crippen molar-refractivity contribution in [3.05, 3.63) is 47.3 Å². The molecule has 0 spiro atoms. The van der Waals surface area contributed by atoms with E-state index in [-0.39, 0.29) is 46.5 Å². The minimum absolute atomic E-state index is 0. The molecular formula is C11H7F2N2NaO2. The summed E-state index contributed by atoms with van der Waals surface area (Å²) < 4.78 is 27.5. The number of rotatable bonds is 2. The Morgan fingerprint density at radius 3 is 2.61 bits per heavy atom. The van der Waals surface area contributed by atoms with Gasteiger partial charge in [0.1, 0.15) is 17.3 Å². The number of carbonyl (C=O) groups excluding carboxylic acids is 1. The molecule has 0 amide bonds. The molecule has 18 heavy (non-hydrogen) atoms. The summed E-state index contributed by atoms with van der Waals surface area (Å²) in [6, 6.07) is 2.86. The summed E-state index contributed by atoms with van der Waals surface area (Å²) in [4.78, 5) is 10.7. The molecule has 0 N–H and O–H groups in total. The summed E-state index contributed by atoms with van der Waals surface area (Å²) in [6.07, 6.45) is 1.04. The van der Waals surface area contributed by atoms with Gasteiger partial charge in [-0.1, -0.05) is 0 Å². The maximum Gasteiger partial charge on any atom is 1.00 e. The van der Waals surface area contributed by atoms with Crippen molar-refractivity contribution in [3.63, 3.8) is 0 Å². The standard InChI is InChI=1S/C11H8F2N2O2.Na/c1-6-8(11(16)17)5-14-15(6)10-4-7(12)2-3-9(10)13;/h2-5H,1H3,(H,16,17);/q;+1/p-1. The Hall–Kier alpha value is -1.24. The van der Waals surface area contributed by atoms with Gasteiger partial charge in [0.05, 0.1) is 17.9 Å². The van der Waals surface area contributed by atoms with E-state index in [9.17, 15) is 18.7 Å². The van der Waals surface area contributed by atoms with Crippen LogP contribution in [0.5, 0.6) is 0 Å². The number of aromatic carboxylic acids is 1. The summed E-state index contributed by atoms with van der Waals surface area (Å²) in [6.45, 7) is 1.43. The zero-order chi connectivity index (χ0) is 12.6. The molecule has 2 rings (SSSR count). The van der Waals surface area contributed by atoms with Gasteiger partial charge in [0.15, 0.2) is 0 Å². The third-order valence-corrected chi connectivity index (χ3v) is 2.37. The number of nitrogens with zero attached hydrogens (tertiary/aromatic N) is 2. The number of halogens is 2. The summed E-state index contributed by atoms with van der Waals surface area (Å²) in [5.74, 6) is -2.74. The van der Waals surface area contributed by atoms with E-state index in [4.69, 9.17) is 0 Å². The van der Waals surface area contributed by atoms with E-state index in [1.807, 2.05) is 0 Å². The Morgan fingerprint density at radius 2 is 2.06 bits per heavy atom. The second-order valence-electron chi connectivity index (χ2n) is 3.44. The smallest absolute Gasteiger partial charge is 0.545 e. The largest absolute Gasteiger partial charge is 1.00 e. The fourth-order valence-electron chi connectivity index (χ4n) is 1.50. The van der Waals surface area contributed by atoms with Gasteiger partial charge in [-0.2, -0.15) is 5.10 Å². The maximum absolute atomic E-state index is 13.5. The van der Waals surface area contributed by atoms with Crippen molar-refractivity contribution < 1.29 is 48.2 Å². The van der Waals surface area contributed by atoms with Crippen LogP contribution in [0.4, 0.5) is 8.78 Å². The molecular weight excluding hydrogens is 253 g/mol. The van der Waals surface area contributed by atoms with Gasteiger partial charge in [0.25, 0.3) is 0 Å². The minimum Gasteiger partial charge on any atom is -0.545 e. The van der Waals surface area contributed by atoms with Crippen LogP contribution in [0, 0.1) is 18.6 Å². The van der Waals surface area contributed by atoms with Crippen molar-refractivity contribution in [1.29, 1.82) is 0 Å². The fraction of sp³-hybridized carbons (Fsp3) is 0.0909. The second kappa shape index (κ2) is 5.60. The van der Waals surface area contributed by atoms with Gasteiger partial charge in [-0.3, -0.25) is 0 Å². The summed E-state index contributed by atoms with van der Waals surface area (Å²) in [5, 5.41) is 14.4. The first-order valence-electron chi connectivity index (χ1n) is 4.72. The van der Waals surface area contributed by atoms with Gasteiger partial charge in [-0.25, -0.2) is 13.5 Å². The predicted octanol–water partition coefficient (Wildman–Crippen LogP) is -2.17. The zero-order valence-electron chi connectivity index (χ0n) is 9.78. The number of benzene rings is 1. The van der Waals surface area contributed by atoms with Crippen LogP contribution in [-0.2, 0) is 0 Å². The molecule has 0 bridgehead atoms. The summed E-state index contributed by atoms with van der Waals surface area (Å²) in [5.41, 5.74) is -0.127. The van der Waals surface area contributed by atoms with E-state index in [1.165, 1.54) is 6.92 Å². The molecule has 0 saturated heterocycles. The zero-order valence-corrected chi connectivity index (χ0v) is 11.8. The van der Waals surface area contributed by atoms with Gasteiger partial charge in [-0.15, -0.1) is 0 Å². The Labute approximate surface area is 124 Å². The van der Waals surface area contributed by atoms with Crippen LogP contribution < -0.4 is 34.7 Å². The van der Waals surface area contributed by atoms with Crippen LogP contribution in [0.1, 0.15) is 16.1 Å².